The number of hydrogen-bond acceptors (Lipinski definition) is 4. The molecule has 0 atom stereocenters. The Morgan fingerprint density at radius 1 is 1.16 bits per heavy atom. The maximum atomic E-state index is 4.45. The number of anilines is 1. The van der Waals surface area contributed by atoms with Crippen molar-refractivity contribution in [3.05, 3.63) is 52.1 Å². The van der Waals surface area contributed by atoms with Crippen molar-refractivity contribution < 1.29 is 0 Å². The first-order valence-electron chi connectivity index (χ1n) is 6.23. The molecule has 4 heteroatoms. The van der Waals surface area contributed by atoms with Gasteiger partial charge in [0.05, 0.1) is 17.1 Å². The third-order valence-corrected chi connectivity index (χ3v) is 4.01. The van der Waals surface area contributed by atoms with Gasteiger partial charge in [-0.1, -0.05) is 6.07 Å². The van der Waals surface area contributed by atoms with Crippen LogP contribution in [-0.2, 0) is 6.54 Å². The van der Waals surface area contributed by atoms with Crippen molar-refractivity contribution in [2.75, 3.05) is 5.32 Å². The molecule has 0 aliphatic heterocycles. The zero-order chi connectivity index (χ0) is 13.2. The molecule has 0 amide bonds. The molecular weight excluding hydrogens is 254 g/mol. The normalized spacial score (nSPS) is 10.8. The summed E-state index contributed by atoms with van der Waals surface area (Å²) in [6, 6.07) is 8.31. The van der Waals surface area contributed by atoms with Crippen molar-refractivity contribution in [1.29, 1.82) is 0 Å². The first-order valence-corrected chi connectivity index (χ1v) is 7.05. The van der Waals surface area contributed by atoms with Crippen LogP contribution in [0.4, 0.5) is 5.69 Å². The number of nitrogens with zero attached hydrogens (tertiary/aromatic N) is 2. The summed E-state index contributed by atoms with van der Waals surface area (Å²) in [6.45, 7) is 4.92. The highest BCUT2D eigenvalue weighted by atomic mass is 32.1. The number of aromatic nitrogens is 2. The average molecular weight is 269 g/mol. The van der Waals surface area contributed by atoms with Crippen molar-refractivity contribution in [2.45, 2.75) is 20.4 Å². The fourth-order valence-corrected chi connectivity index (χ4v) is 2.87. The van der Waals surface area contributed by atoms with Crippen LogP contribution in [0.15, 0.2) is 36.7 Å². The van der Waals surface area contributed by atoms with Gasteiger partial charge in [-0.25, -0.2) is 4.98 Å². The number of thiazole rings is 1. The topological polar surface area (TPSA) is 37.8 Å². The molecule has 1 aromatic carbocycles. The van der Waals surface area contributed by atoms with Crippen molar-refractivity contribution >= 4 is 27.9 Å². The van der Waals surface area contributed by atoms with Gasteiger partial charge in [0.2, 0.25) is 0 Å². The van der Waals surface area contributed by atoms with Crippen molar-refractivity contribution in [3.63, 3.8) is 0 Å². The summed E-state index contributed by atoms with van der Waals surface area (Å²) in [4.78, 5) is 9.97. The molecule has 2 heterocycles. The van der Waals surface area contributed by atoms with Gasteiger partial charge in [0.1, 0.15) is 0 Å². The minimum Gasteiger partial charge on any atom is -0.380 e. The van der Waals surface area contributed by atoms with Crippen LogP contribution in [-0.4, -0.2) is 9.97 Å². The molecule has 0 fully saturated rings. The minimum absolute atomic E-state index is 0.804. The molecule has 19 heavy (non-hydrogen) atoms. The molecule has 0 spiro atoms. The number of rotatable bonds is 3. The van der Waals surface area contributed by atoms with Gasteiger partial charge >= 0.3 is 0 Å². The van der Waals surface area contributed by atoms with Crippen molar-refractivity contribution in [3.8, 4) is 0 Å². The lowest BCUT2D eigenvalue weighted by molar-refractivity contribution is 1.17. The third kappa shape index (κ3) is 2.44. The lowest BCUT2D eigenvalue weighted by Gasteiger charge is -2.09. The van der Waals surface area contributed by atoms with Crippen LogP contribution in [0.5, 0.6) is 0 Å². The quantitative estimate of drug-likeness (QED) is 0.783. The highest BCUT2D eigenvalue weighted by Crippen LogP contribution is 2.25. The van der Waals surface area contributed by atoms with E-state index < -0.39 is 0 Å². The fraction of sp³-hybridized carbons (Fsp3) is 0.200. The highest BCUT2D eigenvalue weighted by molar-refractivity contribution is 7.11. The van der Waals surface area contributed by atoms with Gasteiger partial charge < -0.3 is 5.32 Å². The first-order chi connectivity index (χ1) is 9.24. The van der Waals surface area contributed by atoms with Crippen LogP contribution < -0.4 is 5.32 Å². The molecule has 0 saturated heterocycles. The summed E-state index contributed by atoms with van der Waals surface area (Å²) >= 11 is 1.73. The highest BCUT2D eigenvalue weighted by Gasteiger charge is 2.04. The smallest absolute Gasteiger partial charge is 0.0897 e. The van der Waals surface area contributed by atoms with E-state index in [1.165, 1.54) is 15.8 Å². The van der Waals surface area contributed by atoms with Crippen LogP contribution in [0.25, 0.3) is 10.9 Å². The van der Waals surface area contributed by atoms with Gasteiger partial charge in [0.25, 0.3) is 0 Å². The van der Waals surface area contributed by atoms with Crippen LogP contribution in [0, 0.1) is 13.8 Å². The zero-order valence-electron chi connectivity index (χ0n) is 11.0. The zero-order valence-corrected chi connectivity index (χ0v) is 11.8. The summed E-state index contributed by atoms with van der Waals surface area (Å²) in [5.74, 6) is 0. The molecule has 0 saturated carbocycles. The average Bonchev–Trinajstić information content (AvgIpc) is 2.84. The van der Waals surface area contributed by atoms with E-state index in [-0.39, 0.29) is 0 Å². The summed E-state index contributed by atoms with van der Waals surface area (Å²) in [6.07, 6.45) is 3.77. The van der Waals surface area contributed by atoms with Gasteiger partial charge in [-0.3, -0.25) is 4.98 Å². The lowest BCUT2D eigenvalue weighted by Crippen LogP contribution is -1.99. The van der Waals surface area contributed by atoms with Crippen molar-refractivity contribution in [2.24, 2.45) is 0 Å². The predicted molar refractivity (Wildman–Crippen MR) is 80.7 cm³/mol. The molecular formula is C15H15N3S. The Morgan fingerprint density at radius 2 is 2.05 bits per heavy atom. The molecule has 0 radical (unpaired) electrons. The second-order valence-electron chi connectivity index (χ2n) is 4.53. The van der Waals surface area contributed by atoms with E-state index in [1.54, 1.807) is 11.3 Å². The summed E-state index contributed by atoms with van der Waals surface area (Å²) < 4.78 is 0. The van der Waals surface area contributed by atoms with Gasteiger partial charge in [-0.05, 0) is 37.6 Å². The lowest BCUT2D eigenvalue weighted by atomic mass is 10.1. The number of fused-ring (bicyclic) bond motifs is 1. The molecule has 3 rings (SSSR count). The summed E-state index contributed by atoms with van der Waals surface area (Å²) in [7, 11) is 0. The minimum atomic E-state index is 0.804. The van der Waals surface area contributed by atoms with Crippen LogP contribution >= 0.6 is 11.3 Å². The Morgan fingerprint density at radius 3 is 2.84 bits per heavy atom. The molecule has 3 aromatic rings. The molecule has 3 nitrogen and oxygen atoms in total. The maximum Gasteiger partial charge on any atom is 0.0897 e. The van der Waals surface area contributed by atoms with E-state index in [2.05, 4.69) is 40.4 Å². The maximum absolute atomic E-state index is 4.45. The number of benzene rings is 1. The first kappa shape index (κ1) is 12.1. The largest absolute Gasteiger partial charge is 0.380 e. The Kier molecular flexibility index (Phi) is 3.17. The molecule has 0 aliphatic carbocycles. The molecule has 96 valence electrons. The second-order valence-corrected chi connectivity index (χ2v) is 5.85. The third-order valence-electron chi connectivity index (χ3n) is 3.09. The Balaban J connectivity index is 1.91. The van der Waals surface area contributed by atoms with Gasteiger partial charge in [0.15, 0.2) is 0 Å². The number of nitrogens with one attached hydrogen (secondary N) is 1. The monoisotopic (exact) mass is 269 g/mol. The number of hydrogen-bond donors (Lipinski definition) is 1. The standard InChI is InChI=1S/C15H15N3S/c1-10-5-6-14(13-4-3-7-16-15(10)13)18-9-12-8-17-11(2)19-12/h3-8,18H,9H2,1-2H3. The Bertz CT molecular complexity index is 718. The van der Waals surface area contributed by atoms with E-state index in [1.807, 2.05) is 25.4 Å². The summed E-state index contributed by atoms with van der Waals surface area (Å²) in [5.41, 5.74) is 3.39. The molecule has 0 aliphatic rings. The molecule has 1 N–H and O–H groups in total. The van der Waals surface area contributed by atoms with E-state index in [4.69, 9.17) is 0 Å². The number of pyridine rings is 1. The Hall–Kier alpha value is -1.94. The van der Waals surface area contributed by atoms with Crippen LogP contribution in [0.1, 0.15) is 15.4 Å². The fourth-order valence-electron chi connectivity index (χ4n) is 2.14. The molecule has 2 aromatic heterocycles. The second kappa shape index (κ2) is 4.97. The van der Waals surface area contributed by atoms with E-state index in [0.717, 1.165) is 22.8 Å². The van der Waals surface area contributed by atoms with E-state index >= 15 is 0 Å². The van der Waals surface area contributed by atoms with Crippen molar-refractivity contribution in [1.82, 2.24) is 9.97 Å². The van der Waals surface area contributed by atoms with Gasteiger partial charge in [-0.2, -0.15) is 0 Å². The van der Waals surface area contributed by atoms with Crippen LogP contribution in [0.3, 0.4) is 0 Å². The molecule has 0 bridgehead atoms. The van der Waals surface area contributed by atoms with Crippen LogP contribution in [0.2, 0.25) is 0 Å². The Labute approximate surface area is 116 Å². The molecule has 0 unspecified atom stereocenters. The van der Waals surface area contributed by atoms with Gasteiger partial charge in [0, 0.05) is 28.3 Å². The number of aryl methyl sites for hydroxylation is 2. The predicted octanol–water partition coefficient (Wildman–Crippen LogP) is 3.92. The SMILES string of the molecule is Cc1ncc(CNc2ccc(C)c3ncccc23)s1. The van der Waals surface area contributed by atoms with E-state index in [9.17, 15) is 0 Å². The van der Waals surface area contributed by atoms with Gasteiger partial charge in [-0.15, -0.1) is 11.3 Å². The van der Waals surface area contributed by atoms with E-state index in [0.29, 0.717) is 0 Å². The summed E-state index contributed by atoms with van der Waals surface area (Å²) in [5, 5.41) is 5.75.